The minimum absolute atomic E-state index is 0.0831. The Hall–Kier alpha value is -2.99. The molecule has 0 unspecified atom stereocenters. The van der Waals surface area contributed by atoms with Crippen LogP contribution in [-0.2, 0) is 9.59 Å². The van der Waals surface area contributed by atoms with E-state index in [1.165, 1.54) is 23.4 Å². The molecule has 0 radical (unpaired) electrons. The van der Waals surface area contributed by atoms with E-state index in [9.17, 15) is 9.59 Å². The number of hydrogen-bond donors (Lipinski definition) is 1. The first-order valence-electron chi connectivity index (χ1n) is 10.2. The lowest BCUT2D eigenvalue weighted by Gasteiger charge is -2.29. The summed E-state index contributed by atoms with van der Waals surface area (Å²) in [4.78, 5) is 29.6. The summed E-state index contributed by atoms with van der Waals surface area (Å²) in [5, 5.41) is 2.77. The quantitative estimate of drug-likeness (QED) is 0.463. The van der Waals surface area contributed by atoms with Gasteiger partial charge in [0.25, 0.3) is 11.8 Å². The Morgan fingerprint density at radius 2 is 1.60 bits per heavy atom. The van der Waals surface area contributed by atoms with Crippen LogP contribution in [0.3, 0.4) is 0 Å². The van der Waals surface area contributed by atoms with E-state index in [-0.39, 0.29) is 10.7 Å². The Kier molecular flexibility index (Phi) is 5.43. The Labute approximate surface area is 182 Å². The van der Waals surface area contributed by atoms with E-state index in [1.807, 2.05) is 45.0 Å². The van der Waals surface area contributed by atoms with Gasteiger partial charge in [-0.1, -0.05) is 12.1 Å². The molecule has 30 heavy (non-hydrogen) atoms. The topological polar surface area (TPSA) is 52.7 Å². The third-order valence-corrected chi connectivity index (χ3v) is 5.88. The fraction of sp³-hybridized carbons (Fsp3) is 0.292. The van der Waals surface area contributed by atoms with Crippen LogP contribution >= 0.6 is 12.2 Å². The second kappa shape index (κ2) is 8.03. The van der Waals surface area contributed by atoms with E-state index in [0.29, 0.717) is 5.69 Å². The van der Waals surface area contributed by atoms with Crippen LogP contribution in [0.4, 0.5) is 11.4 Å². The van der Waals surface area contributed by atoms with Crippen LogP contribution in [0.2, 0.25) is 0 Å². The SMILES string of the molecule is Cc1cc(C)cc(N2C(=O)/C(=C/c3ccc(N4CCCC4)cc3C)C(=O)NC2=S)c1. The summed E-state index contributed by atoms with van der Waals surface area (Å²) < 4.78 is 0. The molecule has 2 aromatic rings. The maximum atomic E-state index is 13.3. The van der Waals surface area contributed by atoms with Crippen molar-refractivity contribution in [3.8, 4) is 0 Å². The first-order chi connectivity index (χ1) is 14.3. The molecule has 6 heteroatoms. The van der Waals surface area contributed by atoms with Crippen LogP contribution < -0.4 is 15.1 Å². The summed E-state index contributed by atoms with van der Waals surface area (Å²) in [6, 6.07) is 12.0. The fourth-order valence-electron chi connectivity index (χ4n) is 4.12. The zero-order chi connectivity index (χ0) is 21.4. The number of amides is 2. The van der Waals surface area contributed by atoms with Crippen LogP contribution in [0.15, 0.2) is 42.0 Å². The van der Waals surface area contributed by atoms with Crippen molar-refractivity contribution < 1.29 is 9.59 Å². The maximum Gasteiger partial charge on any atom is 0.270 e. The van der Waals surface area contributed by atoms with Crippen LogP contribution in [0.5, 0.6) is 0 Å². The number of aryl methyl sites for hydroxylation is 3. The number of thiocarbonyl (C=S) groups is 1. The van der Waals surface area contributed by atoms with E-state index in [0.717, 1.165) is 35.3 Å². The second-order valence-electron chi connectivity index (χ2n) is 8.04. The summed E-state index contributed by atoms with van der Waals surface area (Å²) in [6.07, 6.45) is 4.10. The molecule has 1 N–H and O–H groups in total. The summed E-state index contributed by atoms with van der Waals surface area (Å²) in [7, 11) is 0. The molecule has 4 rings (SSSR count). The van der Waals surface area contributed by atoms with Crippen LogP contribution in [0.1, 0.15) is 35.1 Å². The van der Waals surface area contributed by atoms with Crippen molar-refractivity contribution >= 4 is 46.6 Å². The summed E-state index contributed by atoms with van der Waals surface area (Å²) >= 11 is 5.31. The molecule has 2 amide bonds. The number of hydrogen-bond acceptors (Lipinski definition) is 4. The molecule has 2 fully saturated rings. The minimum atomic E-state index is -0.464. The van der Waals surface area contributed by atoms with Gasteiger partial charge in [0.05, 0.1) is 5.69 Å². The molecule has 2 aliphatic rings. The van der Waals surface area contributed by atoms with Gasteiger partial charge in [0.1, 0.15) is 5.57 Å². The van der Waals surface area contributed by atoms with Gasteiger partial charge < -0.3 is 4.90 Å². The molecule has 0 spiro atoms. The molecule has 0 aromatic heterocycles. The van der Waals surface area contributed by atoms with Gasteiger partial charge in [0.2, 0.25) is 0 Å². The van der Waals surface area contributed by atoms with Gasteiger partial charge in [-0.15, -0.1) is 0 Å². The van der Waals surface area contributed by atoms with E-state index in [2.05, 4.69) is 22.3 Å². The Morgan fingerprint density at radius 1 is 0.933 bits per heavy atom. The van der Waals surface area contributed by atoms with E-state index >= 15 is 0 Å². The molecular weight excluding hydrogens is 394 g/mol. The molecule has 2 heterocycles. The average molecular weight is 420 g/mol. The van der Waals surface area contributed by atoms with Crippen molar-refractivity contribution in [2.24, 2.45) is 0 Å². The summed E-state index contributed by atoms with van der Waals surface area (Å²) in [6.45, 7) is 8.08. The van der Waals surface area contributed by atoms with Gasteiger partial charge in [0, 0.05) is 18.8 Å². The van der Waals surface area contributed by atoms with Gasteiger partial charge in [-0.25, -0.2) is 0 Å². The van der Waals surface area contributed by atoms with E-state index in [4.69, 9.17) is 12.2 Å². The monoisotopic (exact) mass is 419 g/mol. The number of rotatable bonds is 3. The third-order valence-electron chi connectivity index (χ3n) is 5.59. The predicted molar refractivity (Wildman–Crippen MR) is 125 cm³/mol. The maximum absolute atomic E-state index is 13.3. The largest absolute Gasteiger partial charge is 0.372 e. The minimum Gasteiger partial charge on any atom is -0.372 e. The first-order valence-corrected chi connectivity index (χ1v) is 10.6. The normalized spacial score (nSPS) is 18.4. The van der Waals surface area contributed by atoms with Crippen molar-refractivity contribution in [2.75, 3.05) is 22.9 Å². The first kappa shape index (κ1) is 20.3. The number of benzene rings is 2. The average Bonchev–Trinajstić information content (AvgIpc) is 3.20. The second-order valence-corrected chi connectivity index (χ2v) is 8.43. The van der Waals surface area contributed by atoms with Gasteiger partial charge >= 0.3 is 0 Å². The smallest absolute Gasteiger partial charge is 0.270 e. The van der Waals surface area contributed by atoms with Crippen molar-refractivity contribution in [3.63, 3.8) is 0 Å². The molecule has 5 nitrogen and oxygen atoms in total. The van der Waals surface area contributed by atoms with Crippen LogP contribution in [0, 0.1) is 20.8 Å². The van der Waals surface area contributed by atoms with E-state index < -0.39 is 11.8 Å². The number of anilines is 2. The number of nitrogens with zero attached hydrogens (tertiary/aromatic N) is 2. The number of carbonyl (C=O) groups is 2. The lowest BCUT2D eigenvalue weighted by atomic mass is 10.0. The molecule has 2 aliphatic heterocycles. The van der Waals surface area contributed by atoms with Crippen LogP contribution in [-0.4, -0.2) is 30.0 Å². The molecule has 0 saturated carbocycles. The van der Waals surface area contributed by atoms with Gasteiger partial charge in [0.15, 0.2) is 5.11 Å². The lowest BCUT2D eigenvalue weighted by Crippen LogP contribution is -2.54. The molecule has 2 saturated heterocycles. The van der Waals surface area contributed by atoms with Gasteiger partial charge in [-0.2, -0.15) is 0 Å². The predicted octanol–water partition coefficient (Wildman–Crippen LogP) is 4.04. The summed E-state index contributed by atoms with van der Waals surface area (Å²) in [5.41, 5.74) is 5.86. The summed E-state index contributed by atoms with van der Waals surface area (Å²) in [5.74, 6) is -0.870. The zero-order valence-corrected chi connectivity index (χ0v) is 18.3. The Balaban J connectivity index is 1.69. The molecule has 2 aromatic carbocycles. The molecule has 0 aliphatic carbocycles. The fourth-order valence-corrected chi connectivity index (χ4v) is 4.40. The van der Waals surface area contributed by atoms with Crippen molar-refractivity contribution in [2.45, 2.75) is 33.6 Å². The van der Waals surface area contributed by atoms with Crippen LogP contribution in [0.25, 0.3) is 6.08 Å². The third kappa shape index (κ3) is 3.87. The van der Waals surface area contributed by atoms with Crippen molar-refractivity contribution in [1.82, 2.24) is 5.32 Å². The molecular formula is C24H25N3O2S. The number of carbonyl (C=O) groups excluding carboxylic acids is 2. The molecule has 154 valence electrons. The van der Waals surface area contributed by atoms with E-state index in [1.54, 1.807) is 6.08 Å². The zero-order valence-electron chi connectivity index (χ0n) is 17.5. The highest BCUT2D eigenvalue weighted by Gasteiger charge is 2.34. The standard InChI is InChI=1S/C24H25N3O2S/c1-15-10-16(2)12-20(11-15)27-23(29)21(22(28)25-24(27)30)14-18-6-7-19(13-17(18)3)26-8-4-5-9-26/h6-7,10-14H,4-5,8-9H2,1-3H3,(H,25,28,30)/b21-14+. The highest BCUT2D eigenvalue weighted by atomic mass is 32.1. The molecule has 0 bridgehead atoms. The Bertz CT molecular complexity index is 1060. The molecule has 0 atom stereocenters. The van der Waals surface area contributed by atoms with Gasteiger partial charge in [-0.3, -0.25) is 19.8 Å². The Morgan fingerprint density at radius 3 is 2.23 bits per heavy atom. The lowest BCUT2D eigenvalue weighted by molar-refractivity contribution is -0.122. The highest BCUT2D eigenvalue weighted by Crippen LogP contribution is 2.27. The van der Waals surface area contributed by atoms with Crippen molar-refractivity contribution in [3.05, 3.63) is 64.2 Å². The van der Waals surface area contributed by atoms with Gasteiger partial charge in [-0.05, 0) is 98.4 Å². The van der Waals surface area contributed by atoms with Crippen molar-refractivity contribution in [1.29, 1.82) is 0 Å². The highest BCUT2D eigenvalue weighted by molar-refractivity contribution is 7.80. The number of nitrogens with one attached hydrogen (secondary N) is 1.